The lowest BCUT2D eigenvalue weighted by molar-refractivity contribution is -0.142. The van der Waals surface area contributed by atoms with Crippen molar-refractivity contribution in [3.05, 3.63) is 36.4 Å². The minimum Gasteiger partial charge on any atom is -0.496 e. The van der Waals surface area contributed by atoms with Crippen molar-refractivity contribution in [2.24, 2.45) is 23.2 Å². The first-order valence-electron chi connectivity index (χ1n) is 20.7. The number of rotatable bonds is 10. The number of carbonyl (C=O) groups excluding carboxylic acids is 4. The molecule has 6 aliphatic rings. The number of alkyl carbamates (subject to hydrolysis) is 1. The molecule has 314 valence electrons. The van der Waals surface area contributed by atoms with E-state index in [9.17, 15) is 27.6 Å². The summed E-state index contributed by atoms with van der Waals surface area (Å²) >= 11 is 0. The second kappa shape index (κ2) is 15.2. The number of hydrogen-bond donors (Lipinski definition) is 3. The van der Waals surface area contributed by atoms with E-state index in [1.165, 1.54) is 11.0 Å². The number of nitrogens with zero attached hydrogens (tertiary/aromatic N) is 2. The molecule has 16 heteroatoms. The van der Waals surface area contributed by atoms with Crippen LogP contribution >= 0.6 is 0 Å². The molecule has 3 N–H and O–H groups in total. The first-order valence-corrected chi connectivity index (χ1v) is 22.3. The number of sulfonamides is 1. The van der Waals surface area contributed by atoms with Crippen LogP contribution in [0.15, 0.2) is 30.9 Å². The number of aromatic nitrogens is 1. The van der Waals surface area contributed by atoms with Crippen molar-refractivity contribution in [1.29, 1.82) is 0 Å². The smallest absolute Gasteiger partial charge is 0.407 e. The third-order valence-corrected chi connectivity index (χ3v) is 14.7. The van der Waals surface area contributed by atoms with Crippen molar-refractivity contribution >= 4 is 44.7 Å². The summed E-state index contributed by atoms with van der Waals surface area (Å²) in [6.45, 7) is 10.3. The molecule has 4 saturated carbocycles. The molecular weight excluding hydrogens is 767 g/mol. The Hall–Kier alpha value is -4.60. The zero-order valence-corrected chi connectivity index (χ0v) is 34.5. The first-order chi connectivity index (χ1) is 27.6. The fourth-order valence-electron chi connectivity index (χ4n) is 9.48. The molecule has 58 heavy (non-hydrogen) atoms. The molecule has 4 bridgehead atoms. The van der Waals surface area contributed by atoms with Gasteiger partial charge in [-0.1, -0.05) is 32.8 Å². The van der Waals surface area contributed by atoms with Crippen molar-refractivity contribution in [1.82, 2.24) is 25.2 Å². The monoisotopic (exact) mass is 821 g/mol. The molecule has 4 amide bonds. The molecule has 5 fully saturated rings. The molecule has 3 heterocycles. The lowest BCUT2D eigenvalue weighted by Gasteiger charge is -2.32. The van der Waals surface area contributed by atoms with E-state index in [0.717, 1.165) is 36.6 Å². The first kappa shape index (κ1) is 40.2. The second-order valence-electron chi connectivity index (χ2n) is 17.9. The number of pyridine rings is 1. The van der Waals surface area contributed by atoms with Gasteiger partial charge in [0.05, 0.1) is 37.6 Å². The normalized spacial score (nSPS) is 30.9. The number of ether oxygens (including phenoxy) is 4. The molecule has 2 aliphatic heterocycles. The van der Waals surface area contributed by atoms with Gasteiger partial charge in [0.2, 0.25) is 27.7 Å². The number of methoxy groups -OCH3 is 1. The van der Waals surface area contributed by atoms with E-state index in [1.54, 1.807) is 13.2 Å². The minimum atomic E-state index is -3.91. The Morgan fingerprint density at radius 1 is 1.09 bits per heavy atom. The van der Waals surface area contributed by atoms with E-state index in [4.69, 9.17) is 23.9 Å². The molecule has 1 saturated heterocycles. The topological polar surface area (TPSA) is 192 Å². The molecule has 0 radical (unpaired) electrons. The summed E-state index contributed by atoms with van der Waals surface area (Å²) in [5.74, 6) is -0.574. The Morgan fingerprint density at radius 3 is 2.52 bits per heavy atom. The maximum Gasteiger partial charge on any atom is 0.407 e. The molecule has 0 unspecified atom stereocenters. The zero-order chi connectivity index (χ0) is 41.1. The van der Waals surface area contributed by atoms with Crippen LogP contribution in [0, 0.1) is 23.2 Å². The average molecular weight is 822 g/mol. The van der Waals surface area contributed by atoms with Crippen LogP contribution in [0.5, 0.6) is 17.4 Å². The van der Waals surface area contributed by atoms with Crippen molar-refractivity contribution < 1.29 is 46.5 Å². The fourth-order valence-corrected chi connectivity index (χ4v) is 10.8. The van der Waals surface area contributed by atoms with E-state index < -0.39 is 68.7 Å². The van der Waals surface area contributed by atoms with Crippen molar-refractivity contribution in [3.63, 3.8) is 0 Å². The number of nitrogens with one attached hydrogen (secondary N) is 3. The fraction of sp³-hybridized carbons (Fsp3) is 0.643. The van der Waals surface area contributed by atoms with E-state index in [1.807, 2.05) is 13.0 Å². The van der Waals surface area contributed by atoms with Crippen molar-refractivity contribution in [3.8, 4) is 17.4 Å². The van der Waals surface area contributed by atoms with Gasteiger partial charge in [-0.2, -0.15) is 0 Å². The predicted molar refractivity (Wildman–Crippen MR) is 213 cm³/mol. The van der Waals surface area contributed by atoms with Crippen molar-refractivity contribution in [2.45, 2.75) is 120 Å². The Kier molecular flexibility index (Phi) is 10.5. The van der Waals surface area contributed by atoms with Gasteiger partial charge in [-0.3, -0.25) is 19.1 Å². The number of hydrogen-bond acceptors (Lipinski definition) is 11. The maximum absolute atomic E-state index is 14.9. The van der Waals surface area contributed by atoms with Crippen LogP contribution in [0.2, 0.25) is 0 Å². The van der Waals surface area contributed by atoms with E-state index in [2.05, 4.69) is 41.8 Å². The van der Waals surface area contributed by atoms with Gasteiger partial charge in [-0.25, -0.2) is 18.2 Å². The lowest BCUT2D eigenvalue weighted by atomic mass is 9.87. The van der Waals surface area contributed by atoms with E-state index >= 15 is 0 Å². The van der Waals surface area contributed by atoms with Crippen LogP contribution in [-0.2, 0) is 29.1 Å². The summed E-state index contributed by atoms with van der Waals surface area (Å²) in [5, 5.41) is 5.84. The third kappa shape index (κ3) is 7.92. The Bertz CT molecular complexity index is 2120. The van der Waals surface area contributed by atoms with Gasteiger partial charge in [-0.05, 0) is 86.7 Å². The summed E-state index contributed by atoms with van der Waals surface area (Å²) < 4.78 is 52.2. The summed E-state index contributed by atoms with van der Waals surface area (Å²) in [7, 11) is -2.27. The molecule has 1 aromatic carbocycles. The Balaban J connectivity index is 1.17. The maximum atomic E-state index is 14.9. The minimum absolute atomic E-state index is 0.00840. The van der Waals surface area contributed by atoms with Crippen LogP contribution in [0.1, 0.15) is 96.5 Å². The molecule has 8 rings (SSSR count). The van der Waals surface area contributed by atoms with Gasteiger partial charge in [0.1, 0.15) is 35.2 Å². The number of cyclic esters (lactones) is 1. The van der Waals surface area contributed by atoms with Crippen LogP contribution in [0.3, 0.4) is 0 Å². The lowest BCUT2D eigenvalue weighted by Crippen LogP contribution is -2.59. The zero-order valence-electron chi connectivity index (χ0n) is 33.7. The van der Waals surface area contributed by atoms with Crippen molar-refractivity contribution in [2.75, 3.05) is 26.9 Å². The molecule has 1 aromatic heterocycles. The molecule has 4 aliphatic carbocycles. The summed E-state index contributed by atoms with van der Waals surface area (Å²) in [6, 6.07) is 3.57. The molecular formula is C42H55N5O10S. The van der Waals surface area contributed by atoms with Gasteiger partial charge in [0, 0.05) is 29.9 Å². The number of carbonyl (C=O) groups is 4. The standard InChI is InChI=1S/C42H55N5O10S/c1-6-25-20-42(25,39(50)46-58(52,53)27-12-13-27)45-37(48)32-15-26-21-47(32)38(49)36(23-10-8-9-11-23)44-40(51)56-22-41(3,4)19-24-14-28(24)29-16-30-31(17-33(29)54-5)43-35(55-7-2)18-34(30)57-26/h6,16-18,23-28,32,36H,1,7-15,19-22H2,2-5H3,(H,44,51)(H,45,48)(H,46,50)/t24-,25-,26+,28-,32-,36-,42-/m0/s1. The van der Waals surface area contributed by atoms with E-state index in [-0.39, 0.29) is 43.2 Å². The van der Waals surface area contributed by atoms with E-state index in [0.29, 0.717) is 61.1 Å². The van der Waals surface area contributed by atoms with Crippen LogP contribution < -0.4 is 29.6 Å². The predicted octanol–water partition coefficient (Wildman–Crippen LogP) is 4.48. The number of amides is 4. The van der Waals surface area contributed by atoms with Crippen LogP contribution in [0.4, 0.5) is 4.79 Å². The van der Waals surface area contributed by atoms with Crippen LogP contribution in [-0.4, -0.2) is 98.0 Å². The van der Waals surface area contributed by atoms with Gasteiger partial charge < -0.3 is 34.5 Å². The summed E-state index contributed by atoms with van der Waals surface area (Å²) in [5.41, 5.74) is -0.298. The second-order valence-corrected chi connectivity index (χ2v) is 19.8. The molecule has 0 spiro atoms. The Labute approximate surface area is 339 Å². The van der Waals surface area contributed by atoms with Gasteiger partial charge in [-0.15, -0.1) is 6.58 Å². The number of benzene rings is 1. The highest BCUT2D eigenvalue weighted by molar-refractivity contribution is 7.91. The largest absolute Gasteiger partial charge is 0.496 e. The molecule has 7 atom stereocenters. The average Bonchev–Trinajstić information content (AvgIpc) is 4.15. The Morgan fingerprint density at radius 2 is 1.84 bits per heavy atom. The highest BCUT2D eigenvalue weighted by Crippen LogP contribution is 2.56. The number of fused-ring (bicyclic) bond motifs is 5. The molecule has 15 nitrogen and oxygen atoms in total. The van der Waals surface area contributed by atoms with Crippen LogP contribution in [0.25, 0.3) is 10.9 Å². The van der Waals surface area contributed by atoms with Gasteiger partial charge >= 0.3 is 6.09 Å². The molecule has 2 aromatic rings. The summed E-state index contributed by atoms with van der Waals surface area (Å²) in [4.78, 5) is 62.8. The SMILES string of the molecule is C=C[C@H]1C[C@@]1(NC(=O)[C@@H]1C[C@@H]2CN1C(=O)[C@H](C1CCCC1)NC(=O)OCC(C)(C)C[C@@H]1C[C@@H]1c1cc3c(cc(OCC)nc3cc1OC)O2)C(=O)NS(=O)(=O)C1CC1. The summed E-state index contributed by atoms with van der Waals surface area (Å²) in [6.07, 6.45) is 6.19. The third-order valence-electron chi connectivity index (χ3n) is 12.9. The van der Waals surface area contributed by atoms with Gasteiger partial charge in [0.25, 0.3) is 5.91 Å². The quantitative estimate of drug-likeness (QED) is 0.287. The van der Waals surface area contributed by atoms with Gasteiger partial charge in [0.15, 0.2) is 0 Å². The highest BCUT2D eigenvalue weighted by atomic mass is 32.2. The highest BCUT2D eigenvalue weighted by Gasteiger charge is 2.62.